The molecule has 4 nitrogen and oxygen atoms in total. The largest absolute Gasteiger partial charge is 0.496 e. The van der Waals surface area contributed by atoms with Gasteiger partial charge in [-0.05, 0) is 43.7 Å². The molecule has 2 aromatic carbocycles. The maximum absolute atomic E-state index is 11.7. The van der Waals surface area contributed by atoms with Crippen molar-refractivity contribution in [3.63, 3.8) is 0 Å². The van der Waals surface area contributed by atoms with E-state index in [1.54, 1.807) is 14.0 Å². The SMILES string of the molecule is COc1ccc(C(C)=O)cc1CN1CCN(C(C)c2ccccc2Cl)CC1. The summed E-state index contributed by atoms with van der Waals surface area (Å²) in [4.78, 5) is 16.6. The fourth-order valence-corrected chi connectivity index (χ4v) is 3.98. The molecule has 0 bridgehead atoms. The topological polar surface area (TPSA) is 32.8 Å². The molecule has 0 amide bonds. The smallest absolute Gasteiger partial charge is 0.159 e. The first-order valence-corrected chi connectivity index (χ1v) is 9.76. The Hall–Kier alpha value is -1.88. The minimum absolute atomic E-state index is 0.0808. The highest BCUT2D eigenvalue weighted by Gasteiger charge is 2.24. The number of ether oxygens (including phenoxy) is 1. The number of carbonyl (C=O) groups excluding carboxylic acids is 1. The zero-order valence-electron chi connectivity index (χ0n) is 16.2. The maximum atomic E-state index is 11.7. The summed E-state index contributed by atoms with van der Waals surface area (Å²) in [5.74, 6) is 0.921. The van der Waals surface area contributed by atoms with Gasteiger partial charge in [0.1, 0.15) is 5.75 Å². The van der Waals surface area contributed by atoms with Crippen molar-refractivity contribution < 1.29 is 9.53 Å². The zero-order chi connectivity index (χ0) is 19.4. The van der Waals surface area contributed by atoms with Crippen molar-refractivity contribution in [3.8, 4) is 5.75 Å². The van der Waals surface area contributed by atoms with Crippen LogP contribution in [0, 0.1) is 0 Å². The Balaban J connectivity index is 1.64. The summed E-state index contributed by atoms with van der Waals surface area (Å²) in [6.45, 7) is 8.53. The van der Waals surface area contributed by atoms with Gasteiger partial charge >= 0.3 is 0 Å². The van der Waals surface area contributed by atoms with Crippen LogP contribution in [-0.2, 0) is 6.54 Å². The van der Waals surface area contributed by atoms with Gasteiger partial charge in [-0.25, -0.2) is 0 Å². The highest BCUT2D eigenvalue weighted by molar-refractivity contribution is 6.31. The average Bonchev–Trinajstić information content (AvgIpc) is 2.68. The molecular formula is C22H27ClN2O2. The number of hydrogen-bond donors (Lipinski definition) is 0. The first-order valence-electron chi connectivity index (χ1n) is 9.38. The second kappa shape index (κ2) is 8.87. The summed E-state index contributed by atoms with van der Waals surface area (Å²) in [5.41, 5.74) is 2.98. The van der Waals surface area contributed by atoms with Crippen molar-refractivity contribution in [1.29, 1.82) is 0 Å². The second-order valence-electron chi connectivity index (χ2n) is 7.09. The monoisotopic (exact) mass is 386 g/mol. The predicted molar refractivity (Wildman–Crippen MR) is 110 cm³/mol. The molecule has 27 heavy (non-hydrogen) atoms. The quantitative estimate of drug-likeness (QED) is 0.687. The van der Waals surface area contributed by atoms with E-state index in [9.17, 15) is 4.79 Å². The first-order chi connectivity index (χ1) is 13.0. The molecule has 144 valence electrons. The molecule has 1 saturated heterocycles. The lowest BCUT2D eigenvalue weighted by Gasteiger charge is -2.38. The van der Waals surface area contributed by atoms with Crippen LogP contribution >= 0.6 is 11.6 Å². The van der Waals surface area contributed by atoms with Crippen molar-refractivity contribution in [1.82, 2.24) is 9.80 Å². The maximum Gasteiger partial charge on any atom is 0.159 e. The Morgan fingerprint density at radius 1 is 1.15 bits per heavy atom. The summed E-state index contributed by atoms with van der Waals surface area (Å²) in [5, 5.41) is 0.832. The van der Waals surface area contributed by atoms with Gasteiger partial charge in [0.2, 0.25) is 0 Å². The van der Waals surface area contributed by atoms with Gasteiger partial charge in [0.15, 0.2) is 5.78 Å². The van der Waals surface area contributed by atoms with Crippen LogP contribution in [0.3, 0.4) is 0 Å². The number of methoxy groups -OCH3 is 1. The summed E-state index contributed by atoms with van der Waals surface area (Å²) >= 11 is 6.37. The lowest BCUT2D eigenvalue weighted by Crippen LogP contribution is -2.46. The molecule has 2 aromatic rings. The normalized spacial score (nSPS) is 16.9. The van der Waals surface area contributed by atoms with Gasteiger partial charge in [-0.15, -0.1) is 0 Å². The van der Waals surface area contributed by atoms with Crippen LogP contribution in [0.15, 0.2) is 42.5 Å². The number of carbonyl (C=O) groups is 1. The summed E-state index contributed by atoms with van der Waals surface area (Å²) < 4.78 is 5.49. The fraction of sp³-hybridized carbons (Fsp3) is 0.409. The molecule has 1 aliphatic heterocycles. The molecule has 1 aliphatic rings. The van der Waals surface area contributed by atoms with Crippen LogP contribution in [0.1, 0.15) is 41.4 Å². The Kier molecular flexibility index (Phi) is 6.53. The van der Waals surface area contributed by atoms with Crippen molar-refractivity contribution in [2.75, 3.05) is 33.3 Å². The number of piperazine rings is 1. The molecule has 0 aliphatic carbocycles. The third-order valence-electron chi connectivity index (χ3n) is 5.39. The number of rotatable bonds is 6. The van der Waals surface area contributed by atoms with E-state index in [1.165, 1.54) is 5.56 Å². The molecule has 1 atom stereocenters. The molecular weight excluding hydrogens is 360 g/mol. The fourth-order valence-electron chi connectivity index (χ4n) is 3.68. The third-order valence-corrected chi connectivity index (χ3v) is 5.74. The van der Waals surface area contributed by atoms with E-state index >= 15 is 0 Å². The number of nitrogens with zero attached hydrogens (tertiary/aromatic N) is 2. The predicted octanol–water partition coefficient (Wildman–Crippen LogP) is 4.43. The van der Waals surface area contributed by atoms with E-state index in [4.69, 9.17) is 16.3 Å². The number of Topliss-reactive ketones (excluding diaryl/α,β-unsaturated/α-hetero) is 1. The van der Waals surface area contributed by atoms with Crippen molar-refractivity contribution in [3.05, 3.63) is 64.2 Å². The van der Waals surface area contributed by atoms with E-state index in [0.29, 0.717) is 6.04 Å². The molecule has 1 heterocycles. The van der Waals surface area contributed by atoms with E-state index < -0.39 is 0 Å². The minimum Gasteiger partial charge on any atom is -0.496 e. The van der Waals surface area contributed by atoms with E-state index in [2.05, 4.69) is 22.8 Å². The highest BCUT2D eigenvalue weighted by Crippen LogP contribution is 2.28. The molecule has 0 aromatic heterocycles. The van der Waals surface area contributed by atoms with Gasteiger partial charge in [-0.1, -0.05) is 29.8 Å². The first kappa shape index (κ1) is 19.9. The number of ketones is 1. The summed E-state index contributed by atoms with van der Waals surface area (Å²) in [6.07, 6.45) is 0. The Morgan fingerprint density at radius 3 is 2.48 bits per heavy atom. The van der Waals surface area contributed by atoms with Gasteiger partial charge in [-0.3, -0.25) is 14.6 Å². The molecule has 5 heteroatoms. The molecule has 1 unspecified atom stereocenters. The lowest BCUT2D eigenvalue weighted by atomic mass is 10.0. The lowest BCUT2D eigenvalue weighted by molar-refractivity contribution is 0.0971. The van der Waals surface area contributed by atoms with Crippen LogP contribution in [-0.4, -0.2) is 48.9 Å². The van der Waals surface area contributed by atoms with Gasteiger partial charge < -0.3 is 4.74 Å². The Bertz CT molecular complexity index is 801. The average molecular weight is 387 g/mol. The van der Waals surface area contributed by atoms with Crippen LogP contribution in [0.25, 0.3) is 0 Å². The number of hydrogen-bond acceptors (Lipinski definition) is 4. The van der Waals surface area contributed by atoms with Crippen molar-refractivity contribution >= 4 is 17.4 Å². The standard InChI is InChI=1S/C22H27ClN2O2/c1-16(20-6-4-5-7-21(20)23)25-12-10-24(11-13-25)15-19-14-18(17(2)26)8-9-22(19)27-3/h4-9,14,16H,10-13,15H2,1-3H3. The molecule has 0 saturated carbocycles. The van der Waals surface area contributed by atoms with E-state index in [-0.39, 0.29) is 5.78 Å². The molecule has 0 radical (unpaired) electrons. The molecule has 0 spiro atoms. The second-order valence-corrected chi connectivity index (χ2v) is 7.50. The van der Waals surface area contributed by atoms with Crippen LogP contribution < -0.4 is 4.74 Å². The highest BCUT2D eigenvalue weighted by atomic mass is 35.5. The van der Waals surface area contributed by atoms with Crippen molar-refractivity contribution in [2.45, 2.75) is 26.4 Å². The summed E-state index contributed by atoms with van der Waals surface area (Å²) in [6, 6.07) is 14.1. The molecule has 1 fully saturated rings. The van der Waals surface area contributed by atoms with E-state index in [0.717, 1.165) is 54.6 Å². The van der Waals surface area contributed by atoms with Crippen LogP contribution in [0.4, 0.5) is 0 Å². The van der Waals surface area contributed by atoms with Gasteiger partial charge in [0.25, 0.3) is 0 Å². The molecule has 3 rings (SSSR count). The van der Waals surface area contributed by atoms with Gasteiger partial charge in [0.05, 0.1) is 7.11 Å². The third kappa shape index (κ3) is 4.70. The summed E-state index contributed by atoms with van der Waals surface area (Å²) in [7, 11) is 1.68. The molecule has 0 N–H and O–H groups in total. The van der Waals surface area contributed by atoms with E-state index in [1.807, 2.05) is 36.4 Å². The van der Waals surface area contributed by atoms with Crippen LogP contribution in [0.2, 0.25) is 5.02 Å². The number of benzene rings is 2. The van der Waals surface area contributed by atoms with Crippen LogP contribution in [0.5, 0.6) is 5.75 Å². The van der Waals surface area contributed by atoms with Gasteiger partial charge in [0, 0.05) is 54.9 Å². The van der Waals surface area contributed by atoms with Crippen molar-refractivity contribution in [2.24, 2.45) is 0 Å². The Labute approximate surface area is 166 Å². The zero-order valence-corrected chi connectivity index (χ0v) is 17.0. The Morgan fingerprint density at radius 2 is 1.85 bits per heavy atom. The van der Waals surface area contributed by atoms with Gasteiger partial charge in [-0.2, -0.15) is 0 Å². The minimum atomic E-state index is 0.0808. The number of halogens is 1.